The smallest absolute Gasteiger partial charge is 0.423 e. The Hall–Kier alpha value is -2.10. The highest BCUT2D eigenvalue weighted by atomic mass is 19.4. The number of rotatable bonds is 7. The third kappa shape index (κ3) is 4.88. The fourth-order valence-electron chi connectivity index (χ4n) is 1.33. The van der Waals surface area contributed by atoms with Crippen molar-refractivity contribution in [1.29, 1.82) is 0 Å². The normalized spacial score (nSPS) is 11.3. The van der Waals surface area contributed by atoms with Crippen LogP contribution < -0.4 is 10.9 Å². The summed E-state index contributed by atoms with van der Waals surface area (Å²) in [5, 5.41) is 15.7. The molecule has 0 bridgehead atoms. The van der Waals surface area contributed by atoms with Crippen LogP contribution in [0.25, 0.3) is 0 Å². The molecular weight excluding hydrogens is 283 g/mol. The fraction of sp³-hybridized carbons (Fsp3) is 0.500. The lowest BCUT2D eigenvalue weighted by Gasteiger charge is -2.12. The maximum Gasteiger partial charge on any atom is 0.423 e. The number of anilines is 1. The van der Waals surface area contributed by atoms with Crippen molar-refractivity contribution in [2.75, 3.05) is 25.1 Å². The first-order chi connectivity index (χ1) is 9.32. The van der Waals surface area contributed by atoms with Crippen LogP contribution in [0.1, 0.15) is 12.0 Å². The Kier molecular flexibility index (Phi) is 5.50. The number of aromatic nitrogens is 2. The number of halogens is 3. The second-order valence-corrected chi connectivity index (χ2v) is 3.67. The van der Waals surface area contributed by atoms with Gasteiger partial charge in [0.05, 0.1) is 31.5 Å². The van der Waals surface area contributed by atoms with Crippen LogP contribution in [0.4, 0.5) is 18.9 Å². The zero-order chi connectivity index (χ0) is 15.2. The molecule has 10 heteroatoms. The molecule has 1 aromatic heterocycles. The lowest BCUT2D eigenvalue weighted by molar-refractivity contribution is -0.139. The zero-order valence-corrected chi connectivity index (χ0v) is 10.2. The van der Waals surface area contributed by atoms with Gasteiger partial charge in [-0.15, -0.1) is 0 Å². The summed E-state index contributed by atoms with van der Waals surface area (Å²) in [6, 6.07) is 0. The Morgan fingerprint density at radius 3 is 2.75 bits per heavy atom. The van der Waals surface area contributed by atoms with Crippen LogP contribution in [0.15, 0.2) is 11.0 Å². The summed E-state index contributed by atoms with van der Waals surface area (Å²) < 4.78 is 42.8. The quantitative estimate of drug-likeness (QED) is 0.639. The lowest BCUT2D eigenvalue weighted by Crippen LogP contribution is -2.25. The van der Waals surface area contributed by atoms with E-state index in [2.05, 4.69) is 10.4 Å². The van der Waals surface area contributed by atoms with E-state index in [9.17, 15) is 22.8 Å². The van der Waals surface area contributed by atoms with E-state index >= 15 is 0 Å². The van der Waals surface area contributed by atoms with Crippen LogP contribution in [-0.2, 0) is 15.7 Å². The minimum absolute atomic E-state index is 0.00260. The molecule has 0 atom stereocenters. The summed E-state index contributed by atoms with van der Waals surface area (Å²) in [5.41, 5.74) is -3.16. The van der Waals surface area contributed by atoms with E-state index in [4.69, 9.17) is 9.84 Å². The van der Waals surface area contributed by atoms with Crippen LogP contribution in [0.5, 0.6) is 0 Å². The maximum atomic E-state index is 12.6. The van der Waals surface area contributed by atoms with E-state index in [-0.39, 0.29) is 26.2 Å². The number of carboxylic acids is 1. The first-order valence-corrected chi connectivity index (χ1v) is 5.50. The monoisotopic (exact) mass is 295 g/mol. The minimum atomic E-state index is -4.80. The summed E-state index contributed by atoms with van der Waals surface area (Å²) >= 11 is 0. The van der Waals surface area contributed by atoms with E-state index < -0.39 is 29.0 Å². The van der Waals surface area contributed by atoms with E-state index in [1.807, 2.05) is 0 Å². The largest absolute Gasteiger partial charge is 0.481 e. The molecule has 0 aromatic carbocycles. The number of carbonyl (C=O) groups is 1. The number of alkyl halides is 3. The van der Waals surface area contributed by atoms with Gasteiger partial charge in [0.25, 0.3) is 5.56 Å². The van der Waals surface area contributed by atoms with Crippen molar-refractivity contribution < 1.29 is 27.8 Å². The fourth-order valence-corrected chi connectivity index (χ4v) is 1.33. The van der Waals surface area contributed by atoms with Gasteiger partial charge in [0, 0.05) is 6.54 Å². The number of aromatic amines is 1. The van der Waals surface area contributed by atoms with Crippen LogP contribution >= 0.6 is 0 Å². The van der Waals surface area contributed by atoms with Gasteiger partial charge in [-0.3, -0.25) is 9.59 Å². The third-order valence-electron chi connectivity index (χ3n) is 2.16. The summed E-state index contributed by atoms with van der Waals surface area (Å²) in [5.74, 6) is -1.03. The SMILES string of the molecule is O=C(O)CCOCCNc1cn[nH]c(=O)c1C(F)(F)F. The maximum absolute atomic E-state index is 12.6. The van der Waals surface area contributed by atoms with Crippen molar-refractivity contribution in [3.8, 4) is 0 Å². The Bertz CT molecular complexity index is 515. The molecule has 0 fully saturated rings. The molecule has 112 valence electrons. The average Bonchev–Trinajstić information content (AvgIpc) is 2.31. The molecule has 0 saturated carbocycles. The number of H-pyrrole nitrogens is 1. The first-order valence-electron chi connectivity index (χ1n) is 5.50. The topological polar surface area (TPSA) is 104 Å². The molecule has 0 aliphatic heterocycles. The summed E-state index contributed by atoms with van der Waals surface area (Å²) in [7, 11) is 0. The summed E-state index contributed by atoms with van der Waals surface area (Å²) in [6.07, 6.45) is -4.15. The molecule has 7 nitrogen and oxygen atoms in total. The third-order valence-corrected chi connectivity index (χ3v) is 2.16. The van der Waals surface area contributed by atoms with Gasteiger partial charge in [0.15, 0.2) is 0 Å². The van der Waals surface area contributed by atoms with E-state index in [0.29, 0.717) is 0 Å². The Morgan fingerprint density at radius 1 is 1.45 bits per heavy atom. The highest BCUT2D eigenvalue weighted by Crippen LogP contribution is 2.31. The van der Waals surface area contributed by atoms with Crippen molar-refractivity contribution in [3.05, 3.63) is 22.1 Å². The first kappa shape index (κ1) is 16.0. The van der Waals surface area contributed by atoms with Crippen LogP contribution in [0, 0.1) is 0 Å². The predicted octanol–water partition coefficient (Wildman–Crippen LogP) is 0.692. The number of hydrogen-bond donors (Lipinski definition) is 3. The molecule has 1 rings (SSSR count). The van der Waals surface area contributed by atoms with Crippen molar-refractivity contribution in [3.63, 3.8) is 0 Å². The van der Waals surface area contributed by atoms with Gasteiger partial charge in [-0.1, -0.05) is 0 Å². The second kappa shape index (κ2) is 6.89. The number of nitrogens with zero attached hydrogens (tertiary/aromatic N) is 1. The number of nitrogens with one attached hydrogen (secondary N) is 2. The van der Waals surface area contributed by atoms with Gasteiger partial charge in [0.1, 0.15) is 5.56 Å². The molecule has 3 N–H and O–H groups in total. The predicted molar refractivity (Wildman–Crippen MR) is 61.4 cm³/mol. The average molecular weight is 295 g/mol. The van der Waals surface area contributed by atoms with Gasteiger partial charge < -0.3 is 15.2 Å². The lowest BCUT2D eigenvalue weighted by atomic mass is 10.2. The molecule has 0 aliphatic rings. The van der Waals surface area contributed by atoms with Gasteiger partial charge in [-0.05, 0) is 0 Å². The molecule has 1 heterocycles. The number of hydrogen-bond acceptors (Lipinski definition) is 5. The van der Waals surface area contributed by atoms with Gasteiger partial charge >= 0.3 is 12.1 Å². The van der Waals surface area contributed by atoms with E-state index in [1.165, 1.54) is 0 Å². The van der Waals surface area contributed by atoms with Crippen molar-refractivity contribution in [1.82, 2.24) is 10.2 Å². The number of aliphatic carboxylic acids is 1. The summed E-state index contributed by atoms with van der Waals surface area (Å²) in [6.45, 7) is -0.0675. The molecule has 0 unspecified atom stereocenters. The molecule has 0 radical (unpaired) electrons. The molecule has 0 amide bonds. The van der Waals surface area contributed by atoms with Gasteiger partial charge in [0.2, 0.25) is 0 Å². The number of carboxylic acid groups (broad SMARTS) is 1. The van der Waals surface area contributed by atoms with Crippen molar-refractivity contribution >= 4 is 11.7 Å². The number of ether oxygens (including phenoxy) is 1. The highest BCUT2D eigenvalue weighted by molar-refractivity contribution is 5.66. The van der Waals surface area contributed by atoms with Gasteiger partial charge in [-0.25, -0.2) is 5.10 Å². The van der Waals surface area contributed by atoms with Crippen molar-refractivity contribution in [2.45, 2.75) is 12.6 Å². The van der Waals surface area contributed by atoms with Crippen LogP contribution in [0.3, 0.4) is 0 Å². The van der Waals surface area contributed by atoms with E-state index in [0.717, 1.165) is 6.20 Å². The molecular formula is C10H12F3N3O4. The second-order valence-electron chi connectivity index (χ2n) is 3.67. The van der Waals surface area contributed by atoms with E-state index in [1.54, 1.807) is 5.10 Å². The molecule has 0 spiro atoms. The standard InChI is InChI=1S/C10H12F3N3O4/c11-10(12,13)8-6(5-15-16-9(8)19)14-2-4-20-3-1-7(17)18/h5H,1-4H2,(H,17,18)(H2,14,16,19). The molecule has 20 heavy (non-hydrogen) atoms. The minimum Gasteiger partial charge on any atom is -0.481 e. The molecule has 0 saturated heterocycles. The Morgan fingerprint density at radius 2 is 2.15 bits per heavy atom. The van der Waals surface area contributed by atoms with Crippen LogP contribution in [-0.4, -0.2) is 41.0 Å². The Labute approximate surface area is 110 Å². The van der Waals surface area contributed by atoms with Gasteiger partial charge in [-0.2, -0.15) is 18.3 Å². The Balaban J connectivity index is 2.55. The molecule has 0 aliphatic carbocycles. The summed E-state index contributed by atoms with van der Waals surface area (Å²) in [4.78, 5) is 21.3. The zero-order valence-electron chi connectivity index (χ0n) is 10.2. The highest BCUT2D eigenvalue weighted by Gasteiger charge is 2.37. The van der Waals surface area contributed by atoms with Crippen LogP contribution in [0.2, 0.25) is 0 Å². The molecule has 1 aromatic rings. The van der Waals surface area contributed by atoms with Crippen molar-refractivity contribution in [2.24, 2.45) is 0 Å².